The van der Waals surface area contributed by atoms with Gasteiger partial charge in [0.05, 0.1) is 13.2 Å². The van der Waals surface area contributed by atoms with Crippen LogP contribution < -0.4 is 0 Å². The van der Waals surface area contributed by atoms with Crippen LogP contribution in [0.1, 0.15) is 71.1 Å². The molecule has 0 heterocycles. The molecule has 0 aliphatic heterocycles. The topological polar surface area (TPSA) is 66.8 Å². The van der Waals surface area contributed by atoms with Gasteiger partial charge in [-0.15, -0.1) is 0 Å². The van der Waals surface area contributed by atoms with Crippen LogP contribution in [0.2, 0.25) is 0 Å². The first-order valence-electron chi connectivity index (χ1n) is 9.62. The molecule has 0 aromatic carbocycles. The van der Waals surface area contributed by atoms with E-state index in [1.54, 1.807) is 0 Å². The number of aliphatic hydroxyl groups is 2. The molecule has 0 amide bonds. The Bertz CT molecular complexity index is 385. The number of carbonyl (C=O) groups is 1. The van der Waals surface area contributed by atoms with Gasteiger partial charge in [0.25, 0.3) is 0 Å². The van der Waals surface area contributed by atoms with Crippen molar-refractivity contribution in [2.75, 3.05) is 13.2 Å². The third kappa shape index (κ3) is 17.2. The molecule has 0 aliphatic carbocycles. The quantitative estimate of drug-likeness (QED) is 0.244. The number of ether oxygens (including phenoxy) is 1. The highest BCUT2D eigenvalue weighted by Crippen LogP contribution is 2.08. The molecule has 1 atom stereocenters. The molecule has 4 nitrogen and oxygen atoms in total. The van der Waals surface area contributed by atoms with E-state index in [2.05, 4.69) is 43.4 Å². The van der Waals surface area contributed by atoms with Gasteiger partial charge in [0.2, 0.25) is 0 Å². The molecule has 0 aromatic rings. The average Bonchev–Trinajstić information content (AvgIpc) is 2.63. The van der Waals surface area contributed by atoms with Crippen molar-refractivity contribution in [3.63, 3.8) is 0 Å². The first kappa shape index (κ1) is 23.6. The summed E-state index contributed by atoms with van der Waals surface area (Å²) in [6.45, 7) is 1.88. The molecule has 0 saturated heterocycles. The van der Waals surface area contributed by atoms with Gasteiger partial charge in [0, 0.05) is 0 Å². The number of hydrogen-bond donors (Lipinski definition) is 2. The Morgan fingerprint density at radius 3 is 2.08 bits per heavy atom. The summed E-state index contributed by atoms with van der Waals surface area (Å²) in [6, 6.07) is 0. The smallest absolute Gasteiger partial charge is 0.337 e. The average molecular weight is 353 g/mol. The van der Waals surface area contributed by atoms with E-state index >= 15 is 0 Å². The van der Waals surface area contributed by atoms with E-state index in [4.69, 9.17) is 14.9 Å². The van der Waals surface area contributed by atoms with Crippen LogP contribution >= 0.6 is 0 Å². The minimum absolute atomic E-state index is 0.320. The minimum Gasteiger partial charge on any atom is -0.464 e. The van der Waals surface area contributed by atoms with Crippen LogP contribution in [0.5, 0.6) is 0 Å². The van der Waals surface area contributed by atoms with Crippen molar-refractivity contribution in [3.05, 3.63) is 36.5 Å². The summed E-state index contributed by atoms with van der Waals surface area (Å²) in [4.78, 5) is 11.1. The summed E-state index contributed by atoms with van der Waals surface area (Å²) < 4.78 is 4.85. The lowest BCUT2D eigenvalue weighted by atomic mass is 10.1. The maximum Gasteiger partial charge on any atom is 0.337 e. The van der Waals surface area contributed by atoms with E-state index in [0.717, 1.165) is 44.9 Å². The van der Waals surface area contributed by atoms with E-state index in [1.807, 2.05) is 0 Å². The van der Waals surface area contributed by atoms with E-state index < -0.39 is 18.7 Å². The molecule has 0 aromatic heterocycles. The van der Waals surface area contributed by atoms with Gasteiger partial charge in [0.15, 0.2) is 6.10 Å². The SMILES string of the molecule is CC/C=C\C/C=C\C/C=C\CCCCCCCCOC(=O)C(O)CO. The summed E-state index contributed by atoms with van der Waals surface area (Å²) in [5, 5.41) is 17.6. The molecule has 4 heteroatoms. The lowest BCUT2D eigenvalue weighted by Crippen LogP contribution is -2.26. The van der Waals surface area contributed by atoms with E-state index in [1.165, 1.54) is 19.3 Å². The predicted octanol–water partition coefficient (Wildman–Crippen LogP) is 4.47. The predicted molar refractivity (Wildman–Crippen MR) is 103 cm³/mol. The Labute approximate surface area is 153 Å². The zero-order chi connectivity index (χ0) is 18.6. The Hall–Kier alpha value is -1.39. The van der Waals surface area contributed by atoms with Crippen molar-refractivity contribution >= 4 is 5.97 Å². The largest absolute Gasteiger partial charge is 0.464 e. The molecule has 1 unspecified atom stereocenters. The van der Waals surface area contributed by atoms with Crippen LogP contribution in [-0.2, 0) is 9.53 Å². The zero-order valence-electron chi connectivity index (χ0n) is 15.7. The minimum atomic E-state index is -1.40. The van der Waals surface area contributed by atoms with Gasteiger partial charge in [-0.3, -0.25) is 0 Å². The molecule has 0 spiro atoms. The summed E-state index contributed by atoms with van der Waals surface area (Å²) in [7, 11) is 0. The molecule has 2 N–H and O–H groups in total. The Kier molecular flexibility index (Phi) is 17.9. The fourth-order valence-corrected chi connectivity index (χ4v) is 2.24. The molecule has 0 radical (unpaired) electrons. The molecule has 0 aliphatic rings. The number of rotatable bonds is 16. The van der Waals surface area contributed by atoms with Gasteiger partial charge < -0.3 is 14.9 Å². The Morgan fingerprint density at radius 2 is 1.44 bits per heavy atom. The Morgan fingerprint density at radius 1 is 0.880 bits per heavy atom. The highest BCUT2D eigenvalue weighted by atomic mass is 16.5. The van der Waals surface area contributed by atoms with Gasteiger partial charge in [-0.25, -0.2) is 4.79 Å². The molecule has 144 valence electrons. The van der Waals surface area contributed by atoms with E-state index in [9.17, 15) is 4.79 Å². The molecule has 0 saturated carbocycles. The van der Waals surface area contributed by atoms with Crippen molar-refractivity contribution < 1.29 is 19.7 Å². The van der Waals surface area contributed by atoms with Gasteiger partial charge in [-0.05, 0) is 38.5 Å². The third-order valence-electron chi connectivity index (χ3n) is 3.73. The normalized spacial score (nSPS) is 13.2. The van der Waals surface area contributed by atoms with Crippen LogP contribution in [-0.4, -0.2) is 35.5 Å². The van der Waals surface area contributed by atoms with E-state index in [-0.39, 0.29) is 0 Å². The molecular formula is C21H36O4. The maximum absolute atomic E-state index is 11.1. The summed E-state index contributed by atoms with van der Waals surface area (Å²) in [6.07, 6.45) is 22.8. The third-order valence-corrected chi connectivity index (χ3v) is 3.73. The lowest BCUT2D eigenvalue weighted by Gasteiger charge is -2.07. The van der Waals surface area contributed by atoms with Crippen molar-refractivity contribution in [2.45, 2.75) is 77.2 Å². The fraction of sp³-hybridized carbons (Fsp3) is 0.667. The number of unbranched alkanes of at least 4 members (excludes halogenated alkanes) is 6. The van der Waals surface area contributed by atoms with E-state index in [0.29, 0.717) is 6.61 Å². The molecule has 0 rings (SSSR count). The first-order valence-corrected chi connectivity index (χ1v) is 9.62. The van der Waals surface area contributed by atoms with Crippen LogP contribution in [0.25, 0.3) is 0 Å². The number of carbonyl (C=O) groups excluding carboxylic acids is 1. The van der Waals surface area contributed by atoms with Crippen molar-refractivity contribution in [1.82, 2.24) is 0 Å². The molecular weight excluding hydrogens is 316 g/mol. The summed E-state index contributed by atoms with van der Waals surface area (Å²) in [5.74, 6) is -0.735. The monoisotopic (exact) mass is 352 g/mol. The number of allylic oxidation sites excluding steroid dienone is 6. The first-order chi connectivity index (χ1) is 12.2. The zero-order valence-corrected chi connectivity index (χ0v) is 15.7. The highest BCUT2D eigenvalue weighted by Gasteiger charge is 2.14. The van der Waals surface area contributed by atoms with Crippen molar-refractivity contribution in [3.8, 4) is 0 Å². The van der Waals surface area contributed by atoms with Gasteiger partial charge in [-0.1, -0.05) is 69.1 Å². The molecule has 0 bridgehead atoms. The summed E-state index contributed by atoms with van der Waals surface area (Å²) >= 11 is 0. The van der Waals surface area contributed by atoms with Crippen LogP contribution in [0.15, 0.2) is 36.5 Å². The summed E-state index contributed by atoms with van der Waals surface area (Å²) in [5.41, 5.74) is 0. The van der Waals surface area contributed by atoms with Gasteiger partial charge in [0.1, 0.15) is 0 Å². The molecule has 0 fully saturated rings. The molecule has 25 heavy (non-hydrogen) atoms. The lowest BCUT2D eigenvalue weighted by molar-refractivity contribution is -0.155. The van der Waals surface area contributed by atoms with Gasteiger partial charge in [-0.2, -0.15) is 0 Å². The second kappa shape index (κ2) is 18.9. The Balaban J connectivity index is 3.29. The van der Waals surface area contributed by atoms with Crippen LogP contribution in [0, 0.1) is 0 Å². The van der Waals surface area contributed by atoms with Crippen LogP contribution in [0.4, 0.5) is 0 Å². The van der Waals surface area contributed by atoms with Crippen molar-refractivity contribution in [2.24, 2.45) is 0 Å². The second-order valence-corrected chi connectivity index (χ2v) is 6.07. The van der Waals surface area contributed by atoms with Crippen LogP contribution in [0.3, 0.4) is 0 Å². The maximum atomic E-state index is 11.1. The second-order valence-electron chi connectivity index (χ2n) is 6.07. The fourth-order valence-electron chi connectivity index (χ4n) is 2.24. The number of hydrogen-bond acceptors (Lipinski definition) is 4. The standard InChI is InChI=1S/C21H36O4/c1-2-3-4-5-6-7-8-9-10-11-12-13-14-15-16-17-18-25-21(24)20(23)19-22/h3-4,6-7,9-10,20,22-23H,2,5,8,11-19H2,1H3/b4-3-,7-6-,10-9-. The van der Waals surface area contributed by atoms with Crippen molar-refractivity contribution in [1.29, 1.82) is 0 Å². The highest BCUT2D eigenvalue weighted by molar-refractivity contribution is 5.74. The van der Waals surface area contributed by atoms with Gasteiger partial charge >= 0.3 is 5.97 Å². The number of esters is 1. The number of aliphatic hydroxyl groups excluding tert-OH is 2.